The second kappa shape index (κ2) is 11.3. The highest BCUT2D eigenvalue weighted by Crippen LogP contribution is 2.23. The zero-order valence-corrected chi connectivity index (χ0v) is 20.4. The highest BCUT2D eigenvalue weighted by Gasteiger charge is 2.16. The molecule has 182 valence electrons. The van der Waals surface area contributed by atoms with E-state index in [2.05, 4.69) is 10.6 Å². The van der Waals surface area contributed by atoms with Crippen molar-refractivity contribution in [2.45, 2.75) is 39.3 Å². The largest absolute Gasteiger partial charge is 0.469 e. The number of amides is 2. The van der Waals surface area contributed by atoms with Gasteiger partial charge in [-0.15, -0.1) is 0 Å². The molecule has 35 heavy (non-hydrogen) atoms. The molecule has 3 rings (SSSR count). The van der Waals surface area contributed by atoms with Gasteiger partial charge in [-0.1, -0.05) is 48.5 Å². The number of nitrogens with one attached hydrogen (secondary N) is 2. The van der Waals surface area contributed by atoms with Crippen LogP contribution in [-0.2, 0) is 27.2 Å². The molecule has 3 aromatic rings. The van der Waals surface area contributed by atoms with Crippen LogP contribution in [0.5, 0.6) is 0 Å². The Morgan fingerprint density at radius 1 is 0.857 bits per heavy atom. The van der Waals surface area contributed by atoms with E-state index >= 15 is 0 Å². The first-order valence-electron chi connectivity index (χ1n) is 11.3. The smallest absolute Gasteiger partial charge is 0.407 e. The molecule has 0 saturated heterocycles. The first-order valence-corrected chi connectivity index (χ1v) is 11.3. The molecule has 2 N–H and O–H groups in total. The lowest BCUT2D eigenvalue weighted by molar-refractivity contribution is -0.139. The number of esters is 1. The van der Waals surface area contributed by atoms with Crippen molar-refractivity contribution in [3.8, 4) is 11.1 Å². The van der Waals surface area contributed by atoms with Crippen LogP contribution in [0.4, 0.5) is 10.5 Å². The summed E-state index contributed by atoms with van der Waals surface area (Å²) in [5.41, 5.74) is 3.83. The summed E-state index contributed by atoms with van der Waals surface area (Å²) in [7, 11) is 1.33. The van der Waals surface area contributed by atoms with Gasteiger partial charge in [0.2, 0.25) is 0 Å². The number of hydrogen-bond acceptors (Lipinski definition) is 5. The van der Waals surface area contributed by atoms with Crippen molar-refractivity contribution in [2.75, 3.05) is 12.4 Å². The standard InChI is InChI=1S/C28H30N2O5/c1-28(2,3)35-27(33)29-18-19-9-7-11-20(15-19)21-12-8-13-23(16-21)26(32)30-24-14-6-5-10-22(24)17-25(31)34-4/h5-16H,17-18H2,1-4H3,(H,29,33)(H,30,32). The molecule has 0 aliphatic carbocycles. The van der Waals surface area contributed by atoms with Crippen molar-refractivity contribution < 1.29 is 23.9 Å². The molecule has 2 amide bonds. The summed E-state index contributed by atoms with van der Waals surface area (Å²) in [6.45, 7) is 5.76. The fourth-order valence-corrected chi connectivity index (χ4v) is 3.41. The molecule has 0 saturated carbocycles. The van der Waals surface area contributed by atoms with E-state index in [-0.39, 0.29) is 18.3 Å². The van der Waals surface area contributed by atoms with E-state index in [1.54, 1.807) is 36.4 Å². The first-order chi connectivity index (χ1) is 16.6. The number of methoxy groups -OCH3 is 1. The minimum absolute atomic E-state index is 0.0666. The van der Waals surface area contributed by atoms with Gasteiger partial charge in [0.05, 0.1) is 13.5 Å². The van der Waals surface area contributed by atoms with Gasteiger partial charge in [0.25, 0.3) is 5.91 Å². The number of hydrogen-bond donors (Lipinski definition) is 2. The van der Waals surface area contributed by atoms with Crippen molar-refractivity contribution in [3.63, 3.8) is 0 Å². The molecule has 7 heteroatoms. The third kappa shape index (κ3) is 7.71. The Hall–Kier alpha value is -4.13. The van der Waals surface area contributed by atoms with E-state index < -0.39 is 11.7 Å². The van der Waals surface area contributed by atoms with Crippen molar-refractivity contribution in [1.29, 1.82) is 0 Å². The lowest BCUT2D eigenvalue weighted by Crippen LogP contribution is -2.32. The Morgan fingerprint density at radius 3 is 2.26 bits per heavy atom. The van der Waals surface area contributed by atoms with Crippen LogP contribution in [0.3, 0.4) is 0 Å². The Morgan fingerprint density at radius 2 is 1.54 bits per heavy atom. The van der Waals surface area contributed by atoms with E-state index in [0.717, 1.165) is 16.7 Å². The number of rotatable bonds is 7. The minimum atomic E-state index is -0.563. The highest BCUT2D eigenvalue weighted by atomic mass is 16.6. The number of carbonyl (C=O) groups excluding carboxylic acids is 3. The summed E-state index contributed by atoms with van der Waals surface area (Å²) in [6.07, 6.45) is -0.411. The van der Waals surface area contributed by atoms with Crippen LogP contribution in [0.25, 0.3) is 11.1 Å². The number of benzene rings is 3. The summed E-state index contributed by atoms with van der Waals surface area (Å²) >= 11 is 0. The van der Waals surface area contributed by atoms with Crippen LogP contribution in [0.1, 0.15) is 42.3 Å². The maximum atomic E-state index is 13.0. The zero-order valence-electron chi connectivity index (χ0n) is 20.4. The fourth-order valence-electron chi connectivity index (χ4n) is 3.41. The summed E-state index contributed by atoms with van der Waals surface area (Å²) in [6, 6.07) is 22.1. The van der Waals surface area contributed by atoms with Crippen LogP contribution in [0.15, 0.2) is 72.8 Å². The van der Waals surface area contributed by atoms with Gasteiger partial charge >= 0.3 is 12.1 Å². The molecule has 0 heterocycles. The molecule has 0 spiro atoms. The molecule has 3 aromatic carbocycles. The Balaban J connectivity index is 1.73. The van der Waals surface area contributed by atoms with Gasteiger partial charge in [-0.3, -0.25) is 9.59 Å². The van der Waals surface area contributed by atoms with Crippen LogP contribution < -0.4 is 10.6 Å². The van der Waals surface area contributed by atoms with E-state index in [1.165, 1.54) is 7.11 Å². The fraction of sp³-hybridized carbons (Fsp3) is 0.250. The average Bonchev–Trinajstić information content (AvgIpc) is 2.83. The average molecular weight is 475 g/mol. The molecule has 0 radical (unpaired) electrons. The van der Waals surface area contributed by atoms with Gasteiger partial charge in [-0.25, -0.2) is 4.79 Å². The monoisotopic (exact) mass is 474 g/mol. The number of ether oxygens (including phenoxy) is 2. The summed E-state index contributed by atoms with van der Waals surface area (Å²) in [5, 5.41) is 5.65. The summed E-state index contributed by atoms with van der Waals surface area (Å²) < 4.78 is 10.0. The predicted molar refractivity (Wildman–Crippen MR) is 135 cm³/mol. The normalized spacial score (nSPS) is 10.9. The maximum absolute atomic E-state index is 13.0. The first kappa shape index (κ1) is 25.5. The zero-order chi connectivity index (χ0) is 25.4. The number of alkyl carbamates (subject to hydrolysis) is 1. The minimum Gasteiger partial charge on any atom is -0.469 e. The number of anilines is 1. The lowest BCUT2D eigenvalue weighted by atomic mass is 10.0. The van der Waals surface area contributed by atoms with Gasteiger partial charge in [-0.2, -0.15) is 0 Å². The molecule has 7 nitrogen and oxygen atoms in total. The van der Waals surface area contributed by atoms with E-state index in [4.69, 9.17) is 9.47 Å². The van der Waals surface area contributed by atoms with E-state index in [0.29, 0.717) is 23.4 Å². The molecule has 0 unspecified atom stereocenters. The van der Waals surface area contributed by atoms with Gasteiger partial charge < -0.3 is 20.1 Å². The third-order valence-electron chi connectivity index (χ3n) is 5.05. The molecular formula is C28H30N2O5. The van der Waals surface area contributed by atoms with Crippen molar-refractivity contribution in [1.82, 2.24) is 5.32 Å². The van der Waals surface area contributed by atoms with Gasteiger partial charge in [0, 0.05) is 17.8 Å². The lowest BCUT2D eigenvalue weighted by Gasteiger charge is -2.19. The van der Waals surface area contributed by atoms with Crippen molar-refractivity contribution in [2.24, 2.45) is 0 Å². The molecule has 0 aromatic heterocycles. The van der Waals surface area contributed by atoms with Crippen molar-refractivity contribution >= 4 is 23.7 Å². The molecule has 0 bridgehead atoms. The Bertz CT molecular complexity index is 1210. The quantitative estimate of drug-likeness (QED) is 0.451. The van der Waals surface area contributed by atoms with Crippen LogP contribution in [0.2, 0.25) is 0 Å². The Kier molecular flexibility index (Phi) is 8.25. The van der Waals surface area contributed by atoms with Gasteiger partial charge in [0.1, 0.15) is 5.60 Å². The maximum Gasteiger partial charge on any atom is 0.407 e. The topological polar surface area (TPSA) is 93.7 Å². The van der Waals surface area contributed by atoms with Crippen LogP contribution in [-0.4, -0.2) is 30.7 Å². The molecule has 0 aliphatic rings. The Labute approximate surface area is 205 Å². The number of carbonyl (C=O) groups is 3. The van der Waals surface area contributed by atoms with Crippen LogP contribution in [0, 0.1) is 0 Å². The second-order valence-corrected chi connectivity index (χ2v) is 9.00. The molecular weight excluding hydrogens is 444 g/mol. The van der Waals surface area contributed by atoms with Gasteiger partial charge in [0.15, 0.2) is 0 Å². The predicted octanol–water partition coefficient (Wildman–Crippen LogP) is 5.35. The van der Waals surface area contributed by atoms with E-state index in [9.17, 15) is 14.4 Å². The summed E-state index contributed by atoms with van der Waals surface area (Å²) in [5.74, 6) is -0.665. The third-order valence-corrected chi connectivity index (χ3v) is 5.05. The molecule has 0 atom stereocenters. The molecule has 0 aliphatic heterocycles. The van der Waals surface area contributed by atoms with E-state index in [1.807, 2.05) is 57.2 Å². The van der Waals surface area contributed by atoms with Crippen molar-refractivity contribution in [3.05, 3.63) is 89.5 Å². The highest BCUT2D eigenvalue weighted by molar-refractivity contribution is 6.05. The van der Waals surface area contributed by atoms with Gasteiger partial charge in [-0.05, 0) is 67.3 Å². The number of para-hydroxylation sites is 1. The van der Waals surface area contributed by atoms with Crippen LogP contribution >= 0.6 is 0 Å². The second-order valence-electron chi connectivity index (χ2n) is 9.00. The molecule has 0 fully saturated rings. The SMILES string of the molecule is COC(=O)Cc1ccccc1NC(=O)c1cccc(-c2cccc(CNC(=O)OC(C)(C)C)c2)c1. The summed E-state index contributed by atoms with van der Waals surface area (Å²) in [4.78, 5) is 36.6.